The summed E-state index contributed by atoms with van der Waals surface area (Å²) in [6.45, 7) is 7.17. The Kier molecular flexibility index (Phi) is 2.02. The zero-order chi connectivity index (χ0) is 11.9. The monoisotopic (exact) mass is 227 g/mol. The molecule has 0 saturated heterocycles. The van der Waals surface area contributed by atoms with Crippen LogP contribution >= 0.6 is 0 Å². The second-order valence-corrected chi connectivity index (χ2v) is 4.27. The van der Waals surface area contributed by atoms with Crippen molar-refractivity contribution in [3.63, 3.8) is 0 Å². The number of aromatic nitrogens is 2. The lowest BCUT2D eigenvalue weighted by Gasteiger charge is -2.01. The lowest BCUT2D eigenvalue weighted by atomic mass is 10.2. The molecule has 0 spiro atoms. The number of hydrogen-bond donors (Lipinski definition) is 0. The Bertz CT molecular complexity index is 588. The summed E-state index contributed by atoms with van der Waals surface area (Å²) in [4.78, 5) is 7.90. The quantitative estimate of drug-likeness (QED) is 0.723. The molecule has 1 aromatic carbocycles. The van der Waals surface area contributed by atoms with Gasteiger partial charge in [0.1, 0.15) is 12.1 Å². The number of hydrogen-bond acceptors (Lipinski definition) is 1. The number of imidazole rings is 1. The number of rotatable bonds is 2. The van der Waals surface area contributed by atoms with Crippen LogP contribution in [0.2, 0.25) is 0 Å². The molecule has 0 unspecified atom stereocenters. The standard InChI is InChI=1S/C13H10FN3/c1-15-13(6-7-13)17-8-12(16-9-17)10-2-4-11(14)5-3-10/h2-5,8-9H,6-7H2. The van der Waals surface area contributed by atoms with Crippen LogP contribution in [-0.2, 0) is 5.66 Å². The van der Waals surface area contributed by atoms with E-state index in [4.69, 9.17) is 6.57 Å². The Balaban J connectivity index is 1.96. The van der Waals surface area contributed by atoms with E-state index in [2.05, 4.69) is 9.83 Å². The molecule has 1 aliphatic carbocycles. The molecule has 3 nitrogen and oxygen atoms in total. The molecule has 17 heavy (non-hydrogen) atoms. The predicted octanol–water partition coefficient (Wildman–Crippen LogP) is 3.06. The van der Waals surface area contributed by atoms with Crippen molar-refractivity contribution in [1.82, 2.24) is 9.55 Å². The van der Waals surface area contributed by atoms with Crippen molar-refractivity contribution < 1.29 is 4.39 Å². The first-order chi connectivity index (χ1) is 8.23. The maximum absolute atomic E-state index is 12.8. The molecule has 1 aliphatic rings. The molecule has 0 aliphatic heterocycles. The van der Waals surface area contributed by atoms with Gasteiger partial charge in [-0.15, -0.1) is 0 Å². The van der Waals surface area contributed by atoms with Gasteiger partial charge >= 0.3 is 5.66 Å². The Hall–Kier alpha value is -2.15. The molecule has 1 fully saturated rings. The van der Waals surface area contributed by atoms with Gasteiger partial charge in [0.15, 0.2) is 0 Å². The molecule has 0 radical (unpaired) electrons. The minimum Gasteiger partial charge on any atom is -0.287 e. The van der Waals surface area contributed by atoms with E-state index >= 15 is 0 Å². The highest BCUT2D eigenvalue weighted by atomic mass is 19.1. The van der Waals surface area contributed by atoms with E-state index in [0.29, 0.717) is 0 Å². The highest BCUT2D eigenvalue weighted by Crippen LogP contribution is 2.45. The molecule has 3 rings (SSSR count). The molecule has 0 bridgehead atoms. The fourth-order valence-electron chi connectivity index (χ4n) is 1.86. The van der Waals surface area contributed by atoms with Gasteiger partial charge in [0.25, 0.3) is 0 Å². The van der Waals surface area contributed by atoms with Gasteiger partial charge in [0, 0.05) is 11.8 Å². The highest BCUT2D eigenvalue weighted by molar-refractivity contribution is 5.58. The first-order valence-corrected chi connectivity index (χ1v) is 5.43. The zero-order valence-corrected chi connectivity index (χ0v) is 9.10. The second-order valence-electron chi connectivity index (χ2n) is 4.27. The van der Waals surface area contributed by atoms with Gasteiger partial charge in [-0.2, -0.15) is 0 Å². The molecule has 1 heterocycles. The lowest BCUT2D eigenvalue weighted by Crippen LogP contribution is -2.08. The van der Waals surface area contributed by atoms with Crippen molar-refractivity contribution in [2.75, 3.05) is 0 Å². The van der Waals surface area contributed by atoms with Crippen molar-refractivity contribution in [3.05, 3.63) is 54.0 Å². The van der Waals surface area contributed by atoms with E-state index in [0.717, 1.165) is 24.1 Å². The second kappa shape index (κ2) is 3.42. The van der Waals surface area contributed by atoms with Crippen LogP contribution in [0.3, 0.4) is 0 Å². The molecule has 1 aromatic heterocycles. The maximum Gasteiger partial charge on any atom is 0.312 e. The van der Waals surface area contributed by atoms with Crippen molar-refractivity contribution in [3.8, 4) is 11.3 Å². The van der Waals surface area contributed by atoms with Gasteiger partial charge in [-0.3, -0.25) is 9.41 Å². The van der Waals surface area contributed by atoms with Gasteiger partial charge in [0.05, 0.1) is 18.5 Å². The van der Waals surface area contributed by atoms with Crippen LogP contribution in [0.4, 0.5) is 4.39 Å². The van der Waals surface area contributed by atoms with E-state index in [-0.39, 0.29) is 5.82 Å². The average Bonchev–Trinajstić information content (AvgIpc) is 3.00. The van der Waals surface area contributed by atoms with Gasteiger partial charge in [-0.25, -0.2) is 15.9 Å². The first kappa shape index (κ1) is 10.0. The summed E-state index contributed by atoms with van der Waals surface area (Å²) in [5.74, 6) is -0.256. The van der Waals surface area contributed by atoms with Gasteiger partial charge in [0.2, 0.25) is 0 Å². The van der Waals surface area contributed by atoms with Gasteiger partial charge in [-0.1, -0.05) is 0 Å². The summed E-state index contributed by atoms with van der Waals surface area (Å²) in [7, 11) is 0. The van der Waals surface area contributed by atoms with Crippen LogP contribution < -0.4 is 0 Å². The van der Waals surface area contributed by atoms with E-state index in [1.807, 2.05) is 10.8 Å². The fraction of sp³-hybridized carbons (Fsp3) is 0.231. The third-order valence-corrected chi connectivity index (χ3v) is 3.11. The van der Waals surface area contributed by atoms with E-state index in [9.17, 15) is 4.39 Å². The molecule has 2 aromatic rings. The molecular weight excluding hydrogens is 217 g/mol. The zero-order valence-electron chi connectivity index (χ0n) is 9.10. The smallest absolute Gasteiger partial charge is 0.287 e. The lowest BCUT2D eigenvalue weighted by molar-refractivity contribution is 0.590. The van der Waals surface area contributed by atoms with Crippen LogP contribution in [0.5, 0.6) is 0 Å². The average molecular weight is 227 g/mol. The van der Waals surface area contributed by atoms with E-state index in [1.165, 1.54) is 12.1 Å². The molecule has 0 atom stereocenters. The minimum absolute atomic E-state index is 0.256. The Morgan fingerprint density at radius 3 is 2.59 bits per heavy atom. The van der Waals surface area contributed by atoms with E-state index in [1.54, 1.807) is 18.5 Å². The SMILES string of the molecule is [C-]#[N+]C1(n2cnc(-c3ccc(F)cc3)c2)CC1. The van der Waals surface area contributed by atoms with Crippen molar-refractivity contribution >= 4 is 0 Å². The van der Waals surface area contributed by atoms with Crippen molar-refractivity contribution in [2.45, 2.75) is 18.5 Å². The van der Waals surface area contributed by atoms with Crippen molar-refractivity contribution in [2.24, 2.45) is 0 Å². The summed E-state index contributed by atoms with van der Waals surface area (Å²) in [6.07, 6.45) is 5.31. The van der Waals surface area contributed by atoms with E-state index < -0.39 is 5.66 Å². The normalized spacial score (nSPS) is 16.5. The summed E-state index contributed by atoms with van der Waals surface area (Å²) in [5, 5.41) is 0. The number of halogens is 1. The van der Waals surface area contributed by atoms with Gasteiger partial charge < -0.3 is 0 Å². The van der Waals surface area contributed by atoms with Crippen molar-refractivity contribution in [1.29, 1.82) is 0 Å². The Morgan fingerprint density at radius 2 is 2.00 bits per heavy atom. The molecule has 0 N–H and O–H groups in total. The van der Waals surface area contributed by atoms with Crippen LogP contribution in [0.25, 0.3) is 16.1 Å². The van der Waals surface area contributed by atoms with Crippen LogP contribution in [-0.4, -0.2) is 9.55 Å². The molecule has 1 saturated carbocycles. The minimum atomic E-state index is -0.398. The predicted molar refractivity (Wildman–Crippen MR) is 61.4 cm³/mol. The summed E-state index contributed by atoms with van der Waals surface area (Å²) >= 11 is 0. The van der Waals surface area contributed by atoms with Gasteiger partial charge in [-0.05, 0) is 24.3 Å². The first-order valence-electron chi connectivity index (χ1n) is 5.43. The van der Waals surface area contributed by atoms with Crippen LogP contribution in [0.15, 0.2) is 36.8 Å². The third kappa shape index (κ3) is 1.60. The molecule has 84 valence electrons. The summed E-state index contributed by atoms with van der Waals surface area (Å²) < 4.78 is 14.7. The molecule has 4 heteroatoms. The molecular formula is C13H10FN3. The molecule has 0 amide bonds. The topological polar surface area (TPSA) is 22.2 Å². The number of benzene rings is 1. The largest absolute Gasteiger partial charge is 0.312 e. The van der Waals surface area contributed by atoms with Crippen LogP contribution in [0.1, 0.15) is 12.8 Å². The Labute approximate surface area is 98.3 Å². The summed E-state index contributed by atoms with van der Waals surface area (Å²) in [5.41, 5.74) is 1.25. The third-order valence-electron chi connectivity index (χ3n) is 3.11. The summed E-state index contributed by atoms with van der Waals surface area (Å²) in [6, 6.07) is 6.21. The number of nitrogens with zero attached hydrogens (tertiary/aromatic N) is 3. The maximum atomic E-state index is 12.8. The Morgan fingerprint density at radius 1 is 1.29 bits per heavy atom. The fourth-order valence-corrected chi connectivity index (χ4v) is 1.86. The van der Waals surface area contributed by atoms with Crippen LogP contribution in [0, 0.1) is 12.4 Å². The highest BCUT2D eigenvalue weighted by Gasteiger charge is 2.53.